The van der Waals surface area contributed by atoms with Gasteiger partial charge in [0.05, 0.1) is 12.2 Å². The van der Waals surface area contributed by atoms with Crippen LogP contribution in [-0.4, -0.2) is 27.1 Å². The lowest BCUT2D eigenvalue weighted by Gasteiger charge is -2.01. The number of benzene rings is 1. The molecule has 16 heavy (non-hydrogen) atoms. The second-order valence-corrected chi connectivity index (χ2v) is 3.00. The van der Waals surface area contributed by atoms with Gasteiger partial charge >= 0.3 is 0 Å². The third-order valence-corrected chi connectivity index (χ3v) is 1.89. The van der Waals surface area contributed by atoms with Crippen molar-refractivity contribution in [3.05, 3.63) is 48.0 Å². The van der Waals surface area contributed by atoms with Gasteiger partial charge < -0.3 is 9.90 Å². The maximum absolute atomic E-state index is 10.5. The summed E-state index contributed by atoms with van der Waals surface area (Å²) in [7, 11) is 0. The number of aromatic nitrogens is 3. The first kappa shape index (κ1) is 10.0. The molecule has 0 aliphatic carbocycles. The summed E-state index contributed by atoms with van der Waals surface area (Å²) in [5.74, 6) is -1.19. The molecule has 0 bridgehead atoms. The molecule has 6 heteroatoms. The molecule has 0 aliphatic rings. The fourth-order valence-electron chi connectivity index (χ4n) is 1.09. The maximum atomic E-state index is 10.5. The minimum absolute atomic E-state index is 0.140. The second-order valence-electron chi connectivity index (χ2n) is 3.00. The van der Waals surface area contributed by atoms with Crippen molar-refractivity contribution in [2.45, 2.75) is 0 Å². The molecular formula is C10H7N4O2-. The van der Waals surface area contributed by atoms with Gasteiger partial charge in [-0.25, -0.2) is 4.68 Å². The average Bonchev–Trinajstić information content (AvgIpc) is 2.80. The molecule has 0 atom stereocenters. The van der Waals surface area contributed by atoms with Crippen molar-refractivity contribution in [1.29, 1.82) is 0 Å². The first-order chi connectivity index (χ1) is 7.75. The standard InChI is InChI=1S/C10H8N4O2/c15-10(16)9-3-1-8(2-4-9)5-13-14-6-11-12-7-14/h1-7H,(H,15,16)/p-1. The lowest BCUT2D eigenvalue weighted by atomic mass is 10.1. The molecule has 1 heterocycles. The molecule has 0 unspecified atom stereocenters. The second kappa shape index (κ2) is 4.35. The van der Waals surface area contributed by atoms with Crippen molar-refractivity contribution >= 4 is 12.2 Å². The van der Waals surface area contributed by atoms with Gasteiger partial charge in [0.15, 0.2) is 0 Å². The van der Waals surface area contributed by atoms with Gasteiger partial charge in [0.2, 0.25) is 0 Å². The van der Waals surface area contributed by atoms with E-state index in [2.05, 4.69) is 15.3 Å². The number of hydrogen-bond donors (Lipinski definition) is 0. The molecule has 0 radical (unpaired) electrons. The minimum Gasteiger partial charge on any atom is -0.545 e. The van der Waals surface area contributed by atoms with Crippen LogP contribution in [0.5, 0.6) is 0 Å². The molecule has 1 aromatic carbocycles. The number of carboxylic acids is 1. The minimum atomic E-state index is -1.19. The first-order valence-electron chi connectivity index (χ1n) is 4.46. The molecule has 80 valence electrons. The van der Waals surface area contributed by atoms with Gasteiger partial charge in [-0.15, -0.1) is 10.2 Å². The molecular weight excluding hydrogens is 208 g/mol. The Hall–Kier alpha value is -2.50. The first-order valence-corrected chi connectivity index (χ1v) is 4.46. The number of carboxylic acid groups (broad SMARTS) is 1. The monoisotopic (exact) mass is 215 g/mol. The quantitative estimate of drug-likeness (QED) is 0.647. The van der Waals surface area contributed by atoms with E-state index >= 15 is 0 Å². The Bertz CT molecular complexity index is 502. The van der Waals surface area contributed by atoms with Crippen LogP contribution < -0.4 is 5.11 Å². The van der Waals surface area contributed by atoms with E-state index in [0.717, 1.165) is 5.56 Å². The Kier molecular flexibility index (Phi) is 2.73. The Labute approximate surface area is 90.9 Å². The van der Waals surface area contributed by atoms with E-state index in [1.165, 1.54) is 29.5 Å². The number of carbonyl (C=O) groups is 1. The van der Waals surface area contributed by atoms with E-state index in [1.807, 2.05) is 0 Å². The zero-order chi connectivity index (χ0) is 11.4. The third kappa shape index (κ3) is 2.30. The summed E-state index contributed by atoms with van der Waals surface area (Å²) in [6, 6.07) is 6.20. The van der Waals surface area contributed by atoms with E-state index in [4.69, 9.17) is 0 Å². The van der Waals surface area contributed by atoms with Gasteiger partial charge in [-0.05, 0) is 11.1 Å². The largest absolute Gasteiger partial charge is 0.545 e. The van der Waals surface area contributed by atoms with Gasteiger partial charge in [-0.3, -0.25) is 0 Å². The number of hydrogen-bond acceptors (Lipinski definition) is 5. The summed E-state index contributed by atoms with van der Waals surface area (Å²) < 4.78 is 1.44. The van der Waals surface area contributed by atoms with Crippen LogP contribution in [0.2, 0.25) is 0 Å². The van der Waals surface area contributed by atoms with Crippen LogP contribution in [0.25, 0.3) is 0 Å². The smallest absolute Gasteiger partial charge is 0.141 e. The molecule has 1 aromatic heterocycles. The Morgan fingerprint density at radius 3 is 2.44 bits per heavy atom. The highest BCUT2D eigenvalue weighted by Gasteiger charge is 1.92. The number of nitrogens with zero attached hydrogens (tertiary/aromatic N) is 4. The summed E-state index contributed by atoms with van der Waals surface area (Å²) in [6.45, 7) is 0. The Morgan fingerprint density at radius 1 is 1.25 bits per heavy atom. The topological polar surface area (TPSA) is 83.2 Å². The van der Waals surface area contributed by atoms with Gasteiger partial charge in [0.1, 0.15) is 12.7 Å². The molecule has 0 aliphatic heterocycles. The summed E-state index contributed by atoms with van der Waals surface area (Å²) in [4.78, 5) is 10.5. The van der Waals surface area contributed by atoms with Crippen molar-refractivity contribution < 1.29 is 9.90 Å². The van der Waals surface area contributed by atoms with E-state index in [-0.39, 0.29) is 5.56 Å². The lowest BCUT2D eigenvalue weighted by Crippen LogP contribution is -2.21. The highest BCUT2D eigenvalue weighted by Crippen LogP contribution is 2.01. The number of aromatic carboxylic acids is 1. The van der Waals surface area contributed by atoms with E-state index in [0.29, 0.717) is 0 Å². The van der Waals surface area contributed by atoms with Crippen LogP contribution >= 0.6 is 0 Å². The van der Waals surface area contributed by atoms with Gasteiger partial charge in [-0.2, -0.15) is 5.10 Å². The predicted octanol–water partition coefficient (Wildman–Crippen LogP) is -0.476. The van der Waals surface area contributed by atoms with Crippen LogP contribution in [-0.2, 0) is 0 Å². The van der Waals surface area contributed by atoms with Crippen molar-refractivity contribution in [3.8, 4) is 0 Å². The average molecular weight is 215 g/mol. The fraction of sp³-hybridized carbons (Fsp3) is 0. The highest BCUT2D eigenvalue weighted by atomic mass is 16.4. The van der Waals surface area contributed by atoms with Crippen molar-refractivity contribution in [2.24, 2.45) is 5.10 Å². The summed E-state index contributed by atoms with van der Waals surface area (Å²) in [6.07, 6.45) is 4.47. The van der Waals surface area contributed by atoms with Crippen LogP contribution in [0.4, 0.5) is 0 Å². The SMILES string of the molecule is O=C([O-])c1ccc(C=Nn2cnnc2)cc1. The number of carbonyl (C=O) groups excluding carboxylic acids is 1. The van der Waals surface area contributed by atoms with Crippen LogP contribution in [0.15, 0.2) is 42.0 Å². The maximum Gasteiger partial charge on any atom is 0.141 e. The van der Waals surface area contributed by atoms with Crippen molar-refractivity contribution in [3.63, 3.8) is 0 Å². The number of rotatable bonds is 3. The normalized spacial score (nSPS) is 10.8. The molecule has 6 nitrogen and oxygen atoms in total. The summed E-state index contributed by atoms with van der Waals surface area (Å²) in [5.41, 5.74) is 0.917. The van der Waals surface area contributed by atoms with Crippen LogP contribution in [0, 0.1) is 0 Å². The predicted molar refractivity (Wildman–Crippen MR) is 53.8 cm³/mol. The molecule has 2 aromatic rings. The zero-order valence-corrected chi connectivity index (χ0v) is 8.15. The van der Waals surface area contributed by atoms with Gasteiger partial charge in [0.25, 0.3) is 0 Å². The fourth-order valence-corrected chi connectivity index (χ4v) is 1.09. The molecule has 0 saturated carbocycles. The van der Waals surface area contributed by atoms with Crippen molar-refractivity contribution in [2.75, 3.05) is 0 Å². The Balaban J connectivity index is 2.14. The molecule has 0 saturated heterocycles. The van der Waals surface area contributed by atoms with E-state index in [1.54, 1.807) is 18.3 Å². The summed E-state index contributed by atoms with van der Waals surface area (Å²) >= 11 is 0. The molecule has 2 rings (SSSR count). The van der Waals surface area contributed by atoms with E-state index in [9.17, 15) is 9.90 Å². The summed E-state index contributed by atoms with van der Waals surface area (Å²) in [5, 5.41) is 21.7. The van der Waals surface area contributed by atoms with Crippen LogP contribution in [0.1, 0.15) is 15.9 Å². The molecule has 0 N–H and O–H groups in total. The Morgan fingerprint density at radius 2 is 1.88 bits per heavy atom. The highest BCUT2D eigenvalue weighted by molar-refractivity contribution is 5.87. The molecule has 0 amide bonds. The lowest BCUT2D eigenvalue weighted by molar-refractivity contribution is -0.255. The molecule has 0 fully saturated rings. The zero-order valence-electron chi connectivity index (χ0n) is 8.15. The van der Waals surface area contributed by atoms with Crippen LogP contribution in [0.3, 0.4) is 0 Å². The van der Waals surface area contributed by atoms with Gasteiger partial charge in [-0.1, -0.05) is 24.3 Å². The third-order valence-electron chi connectivity index (χ3n) is 1.89. The van der Waals surface area contributed by atoms with Gasteiger partial charge in [0, 0.05) is 0 Å². The molecule has 0 spiro atoms. The van der Waals surface area contributed by atoms with Crippen molar-refractivity contribution in [1.82, 2.24) is 14.9 Å². The van der Waals surface area contributed by atoms with E-state index < -0.39 is 5.97 Å².